The Kier molecular flexibility index (Phi) is 1.89. The van der Waals surface area contributed by atoms with Crippen LogP contribution in [0, 0.1) is 0 Å². The maximum absolute atomic E-state index is 3.49. The van der Waals surface area contributed by atoms with Gasteiger partial charge in [0.2, 0.25) is 0 Å². The van der Waals surface area contributed by atoms with Crippen LogP contribution in [0.15, 0.2) is 22.7 Å². The first-order chi connectivity index (χ1) is 6.84. The highest BCUT2D eigenvalue weighted by Gasteiger charge is 2.14. The number of rotatable bonds is 0. The number of H-pyrrole nitrogens is 1. The van der Waals surface area contributed by atoms with Gasteiger partial charge in [-0.2, -0.15) is 0 Å². The van der Waals surface area contributed by atoms with Crippen LogP contribution in [0.1, 0.15) is 11.3 Å². The Morgan fingerprint density at radius 3 is 3.14 bits per heavy atom. The standard InChI is InChI=1S/C11H11BrN2/c12-7-1-2-8-9-6-13-4-3-10(9)14-11(8)5-7/h1-2,5,13-14H,3-4,6H2. The van der Waals surface area contributed by atoms with Crippen molar-refractivity contribution in [3.8, 4) is 0 Å². The number of aromatic nitrogens is 1. The minimum absolute atomic E-state index is 0.997. The first-order valence-corrected chi connectivity index (χ1v) is 5.63. The second-order valence-corrected chi connectivity index (χ2v) is 4.61. The van der Waals surface area contributed by atoms with E-state index in [-0.39, 0.29) is 0 Å². The van der Waals surface area contributed by atoms with Gasteiger partial charge in [0.05, 0.1) is 0 Å². The predicted molar refractivity (Wildman–Crippen MR) is 61.4 cm³/mol. The maximum Gasteiger partial charge on any atom is 0.0470 e. The van der Waals surface area contributed by atoms with Gasteiger partial charge < -0.3 is 10.3 Å². The molecule has 3 rings (SSSR count). The van der Waals surface area contributed by atoms with Crippen LogP contribution in [0.3, 0.4) is 0 Å². The van der Waals surface area contributed by atoms with Crippen molar-refractivity contribution in [3.63, 3.8) is 0 Å². The molecule has 0 atom stereocenters. The van der Waals surface area contributed by atoms with E-state index >= 15 is 0 Å². The normalized spacial score (nSPS) is 15.8. The number of halogens is 1. The smallest absolute Gasteiger partial charge is 0.0470 e. The molecule has 1 aromatic heterocycles. The summed E-state index contributed by atoms with van der Waals surface area (Å²) in [6, 6.07) is 6.43. The maximum atomic E-state index is 3.49. The fourth-order valence-electron chi connectivity index (χ4n) is 2.13. The molecule has 14 heavy (non-hydrogen) atoms. The highest BCUT2D eigenvalue weighted by molar-refractivity contribution is 9.10. The summed E-state index contributed by atoms with van der Waals surface area (Å²) < 4.78 is 1.14. The molecule has 0 bridgehead atoms. The van der Waals surface area contributed by atoms with Crippen molar-refractivity contribution in [2.45, 2.75) is 13.0 Å². The molecule has 1 aliphatic heterocycles. The van der Waals surface area contributed by atoms with Gasteiger partial charge in [0.15, 0.2) is 0 Å². The summed E-state index contributed by atoms with van der Waals surface area (Å²) in [7, 11) is 0. The van der Waals surface area contributed by atoms with E-state index in [1.165, 1.54) is 22.2 Å². The monoisotopic (exact) mass is 250 g/mol. The van der Waals surface area contributed by atoms with E-state index in [0.717, 1.165) is 24.0 Å². The zero-order valence-electron chi connectivity index (χ0n) is 7.73. The van der Waals surface area contributed by atoms with Gasteiger partial charge in [-0.3, -0.25) is 0 Å². The first-order valence-electron chi connectivity index (χ1n) is 4.84. The topological polar surface area (TPSA) is 27.8 Å². The molecule has 2 N–H and O–H groups in total. The molecule has 0 aliphatic carbocycles. The quantitative estimate of drug-likeness (QED) is 0.740. The van der Waals surface area contributed by atoms with Crippen molar-refractivity contribution >= 4 is 26.8 Å². The van der Waals surface area contributed by atoms with Gasteiger partial charge in [-0.1, -0.05) is 22.0 Å². The SMILES string of the molecule is Brc1ccc2c3c([nH]c2c1)CCNC3. The molecular formula is C11H11BrN2. The van der Waals surface area contributed by atoms with Crippen molar-refractivity contribution < 1.29 is 0 Å². The van der Waals surface area contributed by atoms with Crippen LogP contribution in [0.25, 0.3) is 10.9 Å². The molecule has 72 valence electrons. The molecule has 2 aromatic rings. The van der Waals surface area contributed by atoms with Crippen molar-refractivity contribution in [3.05, 3.63) is 33.9 Å². The Morgan fingerprint density at radius 2 is 2.21 bits per heavy atom. The van der Waals surface area contributed by atoms with E-state index in [2.05, 4.69) is 44.4 Å². The van der Waals surface area contributed by atoms with Crippen molar-refractivity contribution in [1.82, 2.24) is 10.3 Å². The number of benzene rings is 1. The number of hydrogen-bond acceptors (Lipinski definition) is 1. The fraction of sp³-hybridized carbons (Fsp3) is 0.273. The van der Waals surface area contributed by atoms with E-state index in [1.54, 1.807) is 0 Å². The average Bonchev–Trinajstić information content (AvgIpc) is 2.54. The van der Waals surface area contributed by atoms with Crippen LogP contribution < -0.4 is 5.32 Å². The molecule has 0 saturated carbocycles. The van der Waals surface area contributed by atoms with Gasteiger partial charge in [0.1, 0.15) is 0 Å². The molecule has 2 nitrogen and oxygen atoms in total. The molecule has 0 fully saturated rings. The van der Waals surface area contributed by atoms with Crippen LogP contribution in [0.4, 0.5) is 0 Å². The summed E-state index contributed by atoms with van der Waals surface area (Å²) in [5, 5.41) is 4.76. The third kappa shape index (κ3) is 1.20. The molecular weight excluding hydrogens is 240 g/mol. The number of hydrogen-bond donors (Lipinski definition) is 2. The molecule has 0 amide bonds. The summed E-state index contributed by atoms with van der Waals surface area (Å²) in [5.41, 5.74) is 4.09. The Morgan fingerprint density at radius 1 is 1.29 bits per heavy atom. The second kappa shape index (κ2) is 3.11. The van der Waals surface area contributed by atoms with Gasteiger partial charge >= 0.3 is 0 Å². The van der Waals surface area contributed by atoms with E-state index in [9.17, 15) is 0 Å². The number of aromatic amines is 1. The van der Waals surface area contributed by atoms with Gasteiger partial charge in [0, 0.05) is 40.6 Å². The van der Waals surface area contributed by atoms with Crippen LogP contribution in [-0.4, -0.2) is 11.5 Å². The van der Waals surface area contributed by atoms with E-state index in [4.69, 9.17) is 0 Å². The lowest BCUT2D eigenvalue weighted by Crippen LogP contribution is -2.22. The van der Waals surface area contributed by atoms with Crippen molar-refractivity contribution in [1.29, 1.82) is 0 Å². The van der Waals surface area contributed by atoms with Gasteiger partial charge in [-0.15, -0.1) is 0 Å². The molecule has 0 unspecified atom stereocenters. The zero-order chi connectivity index (χ0) is 9.54. The van der Waals surface area contributed by atoms with E-state index in [1.807, 2.05) is 0 Å². The van der Waals surface area contributed by atoms with Crippen LogP contribution in [0.5, 0.6) is 0 Å². The summed E-state index contributed by atoms with van der Waals surface area (Å²) >= 11 is 3.49. The summed E-state index contributed by atoms with van der Waals surface area (Å²) in [6.45, 7) is 2.08. The minimum Gasteiger partial charge on any atom is -0.358 e. The number of nitrogens with one attached hydrogen (secondary N) is 2. The Bertz CT molecular complexity index is 487. The van der Waals surface area contributed by atoms with Gasteiger partial charge in [-0.05, 0) is 17.7 Å². The van der Waals surface area contributed by atoms with Crippen LogP contribution >= 0.6 is 15.9 Å². The molecule has 0 spiro atoms. The molecule has 1 aliphatic rings. The predicted octanol–water partition coefficient (Wildman–Crippen LogP) is 2.58. The van der Waals surface area contributed by atoms with E-state index < -0.39 is 0 Å². The highest BCUT2D eigenvalue weighted by atomic mass is 79.9. The van der Waals surface area contributed by atoms with E-state index in [0.29, 0.717) is 0 Å². The summed E-state index contributed by atoms with van der Waals surface area (Å²) in [6.07, 6.45) is 1.11. The lowest BCUT2D eigenvalue weighted by molar-refractivity contribution is 0.641. The molecule has 2 heterocycles. The zero-order valence-corrected chi connectivity index (χ0v) is 9.32. The average molecular weight is 251 g/mol. The second-order valence-electron chi connectivity index (χ2n) is 3.70. The molecule has 0 radical (unpaired) electrons. The fourth-order valence-corrected chi connectivity index (χ4v) is 2.49. The first kappa shape index (κ1) is 8.50. The molecule has 3 heteroatoms. The minimum atomic E-state index is 0.997. The van der Waals surface area contributed by atoms with Crippen LogP contribution in [0.2, 0.25) is 0 Å². The number of fused-ring (bicyclic) bond motifs is 3. The summed E-state index contributed by atoms with van der Waals surface area (Å²) in [4.78, 5) is 3.49. The van der Waals surface area contributed by atoms with Crippen molar-refractivity contribution in [2.75, 3.05) is 6.54 Å². The Balaban J connectivity index is 2.31. The summed E-state index contributed by atoms with van der Waals surface area (Å²) in [5.74, 6) is 0. The lowest BCUT2D eigenvalue weighted by Gasteiger charge is -2.12. The lowest BCUT2D eigenvalue weighted by atomic mass is 10.1. The Hall–Kier alpha value is -0.800. The largest absolute Gasteiger partial charge is 0.358 e. The third-order valence-corrected chi connectivity index (χ3v) is 3.30. The molecule has 1 aromatic carbocycles. The van der Waals surface area contributed by atoms with Crippen molar-refractivity contribution in [2.24, 2.45) is 0 Å². The van der Waals surface area contributed by atoms with Gasteiger partial charge in [-0.25, -0.2) is 0 Å². The van der Waals surface area contributed by atoms with Crippen LogP contribution in [-0.2, 0) is 13.0 Å². The Labute approximate surface area is 90.8 Å². The molecule has 0 saturated heterocycles. The third-order valence-electron chi connectivity index (χ3n) is 2.81. The van der Waals surface area contributed by atoms with Gasteiger partial charge in [0.25, 0.3) is 0 Å². The highest BCUT2D eigenvalue weighted by Crippen LogP contribution is 2.27.